The van der Waals surface area contributed by atoms with Crippen molar-refractivity contribution in [2.75, 3.05) is 16.8 Å². The summed E-state index contributed by atoms with van der Waals surface area (Å²) < 4.78 is 25.0. The van der Waals surface area contributed by atoms with E-state index in [-0.39, 0.29) is 23.6 Å². The third-order valence-corrected chi connectivity index (χ3v) is 6.40. The summed E-state index contributed by atoms with van der Waals surface area (Å²) >= 11 is 0. The lowest BCUT2D eigenvalue weighted by molar-refractivity contribution is 0.251. The zero-order chi connectivity index (χ0) is 19.4. The van der Waals surface area contributed by atoms with Crippen LogP contribution in [-0.4, -0.2) is 35.7 Å². The Morgan fingerprint density at radius 3 is 2.67 bits per heavy atom. The molecule has 0 spiro atoms. The zero-order valence-electron chi connectivity index (χ0n) is 15.7. The first-order valence-corrected chi connectivity index (χ1v) is 11.0. The molecule has 1 unspecified atom stereocenters. The highest BCUT2D eigenvalue weighted by Gasteiger charge is 2.31. The summed E-state index contributed by atoms with van der Waals surface area (Å²) in [5, 5.41) is 9.85. The fraction of sp³-hybridized carbons (Fsp3) is 0.474. The van der Waals surface area contributed by atoms with Crippen LogP contribution in [0.1, 0.15) is 37.4 Å². The highest BCUT2D eigenvalue weighted by molar-refractivity contribution is 7.91. The van der Waals surface area contributed by atoms with E-state index < -0.39 is 9.84 Å². The van der Waals surface area contributed by atoms with E-state index in [1.165, 1.54) is 5.56 Å². The molecule has 0 bridgehead atoms. The van der Waals surface area contributed by atoms with Gasteiger partial charge in [-0.05, 0) is 29.9 Å². The van der Waals surface area contributed by atoms with Crippen LogP contribution < -0.4 is 10.6 Å². The van der Waals surface area contributed by atoms with Gasteiger partial charge in [0, 0.05) is 12.6 Å². The molecule has 0 aliphatic carbocycles. The Balaban J connectivity index is 1.61. The number of rotatable bonds is 6. The second kappa shape index (κ2) is 8.12. The van der Waals surface area contributed by atoms with Crippen molar-refractivity contribution < 1.29 is 13.2 Å². The minimum Gasteiger partial charge on any atom is -0.334 e. The molecule has 7 nitrogen and oxygen atoms in total. The number of hydrogen-bond acceptors (Lipinski definition) is 4. The van der Waals surface area contributed by atoms with Crippen LogP contribution >= 0.6 is 0 Å². The van der Waals surface area contributed by atoms with Crippen LogP contribution in [0.2, 0.25) is 0 Å². The summed E-state index contributed by atoms with van der Waals surface area (Å²) in [6.45, 7) is 4.77. The van der Waals surface area contributed by atoms with Gasteiger partial charge < -0.3 is 5.32 Å². The van der Waals surface area contributed by atoms with Crippen molar-refractivity contribution in [2.45, 2.75) is 39.3 Å². The number of amides is 2. The van der Waals surface area contributed by atoms with Gasteiger partial charge in [0.1, 0.15) is 5.82 Å². The summed E-state index contributed by atoms with van der Waals surface area (Å²) in [5.74, 6) is 1.27. The summed E-state index contributed by atoms with van der Waals surface area (Å²) in [7, 11) is -3.02. The Morgan fingerprint density at radius 2 is 2.00 bits per heavy atom. The number of benzene rings is 1. The summed E-state index contributed by atoms with van der Waals surface area (Å²) in [5.41, 5.74) is 2.32. The topological polar surface area (TPSA) is 93.1 Å². The van der Waals surface area contributed by atoms with Gasteiger partial charge in [-0.3, -0.25) is 5.32 Å². The molecule has 2 aromatic rings. The molecule has 2 N–H and O–H groups in total. The van der Waals surface area contributed by atoms with Crippen molar-refractivity contribution in [2.24, 2.45) is 5.92 Å². The Hall–Kier alpha value is -2.35. The maximum atomic E-state index is 12.3. The maximum absolute atomic E-state index is 12.3. The quantitative estimate of drug-likeness (QED) is 0.793. The van der Waals surface area contributed by atoms with Gasteiger partial charge in [-0.2, -0.15) is 5.10 Å². The van der Waals surface area contributed by atoms with E-state index in [0.29, 0.717) is 24.7 Å². The second-order valence-corrected chi connectivity index (χ2v) is 9.62. The Morgan fingerprint density at radius 1 is 1.26 bits per heavy atom. The molecule has 0 radical (unpaired) electrons. The predicted molar refractivity (Wildman–Crippen MR) is 105 cm³/mol. The molecule has 0 saturated carbocycles. The van der Waals surface area contributed by atoms with E-state index in [9.17, 15) is 13.2 Å². The molecule has 1 fully saturated rings. The lowest BCUT2D eigenvalue weighted by Crippen LogP contribution is -2.30. The number of sulfone groups is 1. The molecule has 1 aliphatic rings. The van der Waals surface area contributed by atoms with Crippen molar-refractivity contribution >= 4 is 21.7 Å². The molecular weight excluding hydrogens is 364 g/mol. The number of aromatic nitrogens is 2. The van der Waals surface area contributed by atoms with Gasteiger partial charge in [-0.25, -0.2) is 17.9 Å². The number of nitrogens with one attached hydrogen (secondary N) is 2. The number of urea groups is 1. The van der Waals surface area contributed by atoms with Crippen LogP contribution in [0.4, 0.5) is 10.6 Å². The van der Waals surface area contributed by atoms with Crippen molar-refractivity contribution in [1.29, 1.82) is 0 Å². The predicted octanol–water partition coefficient (Wildman–Crippen LogP) is 2.76. The number of nitrogens with zero attached hydrogens (tertiary/aromatic N) is 2. The second-order valence-electron chi connectivity index (χ2n) is 7.39. The average molecular weight is 391 g/mol. The Bertz CT molecular complexity index is 905. The van der Waals surface area contributed by atoms with E-state index in [1.807, 2.05) is 18.2 Å². The van der Waals surface area contributed by atoms with E-state index in [4.69, 9.17) is 0 Å². The number of hydrogen-bond donors (Lipinski definition) is 2. The lowest BCUT2D eigenvalue weighted by atomic mass is 9.98. The van der Waals surface area contributed by atoms with Crippen molar-refractivity contribution in [3.05, 3.63) is 47.7 Å². The number of carbonyl (C=O) groups excluding carboxylic acids is 1. The molecule has 1 aromatic carbocycles. The van der Waals surface area contributed by atoms with Crippen LogP contribution in [0.5, 0.6) is 0 Å². The smallest absolute Gasteiger partial charge is 0.320 e. The first-order valence-electron chi connectivity index (χ1n) is 9.19. The third-order valence-electron chi connectivity index (χ3n) is 4.65. The molecule has 1 aliphatic heterocycles. The molecule has 2 heterocycles. The van der Waals surface area contributed by atoms with Crippen LogP contribution in [0.15, 0.2) is 36.5 Å². The molecule has 2 amide bonds. The zero-order valence-corrected chi connectivity index (χ0v) is 16.5. The summed E-state index contributed by atoms with van der Waals surface area (Å²) in [6.07, 6.45) is 3.05. The Kier molecular flexibility index (Phi) is 5.84. The van der Waals surface area contributed by atoms with Gasteiger partial charge in [-0.1, -0.05) is 38.1 Å². The van der Waals surface area contributed by atoms with E-state index >= 15 is 0 Å². The van der Waals surface area contributed by atoms with Crippen molar-refractivity contribution in [3.8, 4) is 0 Å². The highest BCUT2D eigenvalue weighted by Crippen LogP contribution is 2.26. The first-order chi connectivity index (χ1) is 12.8. The average Bonchev–Trinajstić information content (AvgIpc) is 3.19. The summed E-state index contributed by atoms with van der Waals surface area (Å²) in [6, 6.07) is 9.20. The van der Waals surface area contributed by atoms with Crippen molar-refractivity contribution in [1.82, 2.24) is 15.1 Å². The van der Waals surface area contributed by atoms with Gasteiger partial charge in [0.05, 0.1) is 23.7 Å². The van der Waals surface area contributed by atoms with E-state index in [0.717, 1.165) is 12.0 Å². The van der Waals surface area contributed by atoms with Crippen LogP contribution in [0.3, 0.4) is 0 Å². The molecule has 1 atom stereocenters. The maximum Gasteiger partial charge on any atom is 0.320 e. The number of anilines is 1. The molecular formula is C19H26N4O3S. The monoisotopic (exact) mass is 390 g/mol. The van der Waals surface area contributed by atoms with Gasteiger partial charge in [-0.15, -0.1) is 0 Å². The third kappa shape index (κ3) is 5.09. The fourth-order valence-electron chi connectivity index (χ4n) is 3.38. The largest absolute Gasteiger partial charge is 0.334 e. The van der Waals surface area contributed by atoms with Gasteiger partial charge in [0.2, 0.25) is 0 Å². The molecule has 3 rings (SSSR count). The molecule has 27 heavy (non-hydrogen) atoms. The van der Waals surface area contributed by atoms with Gasteiger partial charge in [0.25, 0.3) is 0 Å². The first kappa shape index (κ1) is 19.4. The number of carbonyl (C=O) groups is 1. The van der Waals surface area contributed by atoms with E-state index in [2.05, 4.69) is 35.6 Å². The lowest BCUT2D eigenvalue weighted by Gasteiger charge is -2.15. The summed E-state index contributed by atoms with van der Waals surface area (Å²) in [4.78, 5) is 12.3. The SMILES string of the molecule is CC(C)Cc1ccccc1CNC(=O)Nc1ccnn1C1CCS(=O)(=O)C1. The molecule has 146 valence electrons. The normalized spacial score (nSPS) is 18.6. The molecule has 1 saturated heterocycles. The van der Waals surface area contributed by atoms with Crippen LogP contribution in [0.25, 0.3) is 0 Å². The van der Waals surface area contributed by atoms with Crippen LogP contribution in [0, 0.1) is 5.92 Å². The van der Waals surface area contributed by atoms with Gasteiger partial charge >= 0.3 is 6.03 Å². The Labute approximate surface area is 160 Å². The molecule has 1 aromatic heterocycles. The fourth-order valence-corrected chi connectivity index (χ4v) is 5.07. The van der Waals surface area contributed by atoms with Crippen LogP contribution in [-0.2, 0) is 22.8 Å². The minimum atomic E-state index is -3.02. The van der Waals surface area contributed by atoms with Crippen molar-refractivity contribution in [3.63, 3.8) is 0 Å². The molecule has 8 heteroatoms. The van der Waals surface area contributed by atoms with E-state index in [1.54, 1.807) is 16.9 Å². The minimum absolute atomic E-state index is 0.0631. The van der Waals surface area contributed by atoms with Gasteiger partial charge in [0.15, 0.2) is 9.84 Å². The standard InChI is InChI=1S/C19H26N4O3S/c1-14(2)11-15-5-3-4-6-16(15)12-20-19(24)22-18-7-9-21-23(18)17-8-10-27(25,26)13-17/h3-7,9,14,17H,8,10-13H2,1-2H3,(H2,20,22,24). The highest BCUT2D eigenvalue weighted by atomic mass is 32.2.